The molecule has 8 heteroatoms. The molecule has 1 amide bonds. The molecule has 3 rings (SSSR count). The molecule has 1 atom stereocenters. The second-order valence-electron chi connectivity index (χ2n) is 6.93. The van der Waals surface area contributed by atoms with Crippen molar-refractivity contribution in [3.8, 4) is 0 Å². The molecular formula is C19H22FN5O2. The van der Waals surface area contributed by atoms with Crippen LogP contribution in [0.4, 0.5) is 4.39 Å². The molecule has 0 spiro atoms. The summed E-state index contributed by atoms with van der Waals surface area (Å²) in [6.07, 6.45) is -0.0877. The van der Waals surface area contributed by atoms with E-state index in [9.17, 15) is 14.0 Å². The van der Waals surface area contributed by atoms with Crippen LogP contribution in [0.3, 0.4) is 0 Å². The summed E-state index contributed by atoms with van der Waals surface area (Å²) in [7, 11) is 0. The van der Waals surface area contributed by atoms with Crippen LogP contribution in [-0.2, 0) is 11.2 Å². The van der Waals surface area contributed by atoms with Crippen molar-refractivity contribution in [3.05, 3.63) is 63.1 Å². The van der Waals surface area contributed by atoms with E-state index in [0.717, 1.165) is 5.56 Å². The quantitative estimate of drug-likeness (QED) is 0.719. The van der Waals surface area contributed by atoms with Crippen molar-refractivity contribution in [1.82, 2.24) is 24.9 Å². The summed E-state index contributed by atoms with van der Waals surface area (Å²) in [4.78, 5) is 29.7. The second-order valence-corrected chi connectivity index (χ2v) is 6.93. The highest BCUT2D eigenvalue weighted by Gasteiger charge is 2.21. The van der Waals surface area contributed by atoms with Gasteiger partial charge in [0.25, 0.3) is 5.56 Å². The largest absolute Gasteiger partial charge is 0.349 e. The lowest BCUT2D eigenvalue weighted by molar-refractivity contribution is -0.121. The normalized spacial score (nSPS) is 12.5. The van der Waals surface area contributed by atoms with Gasteiger partial charge >= 0.3 is 0 Å². The Kier molecular flexibility index (Phi) is 5.07. The van der Waals surface area contributed by atoms with Crippen molar-refractivity contribution in [1.29, 1.82) is 0 Å². The highest BCUT2D eigenvalue weighted by atomic mass is 19.1. The van der Waals surface area contributed by atoms with Gasteiger partial charge in [-0.25, -0.2) is 18.9 Å². The van der Waals surface area contributed by atoms with Crippen LogP contribution in [0.25, 0.3) is 5.78 Å². The molecule has 1 aromatic carbocycles. The number of hydrogen-bond acceptors (Lipinski definition) is 4. The van der Waals surface area contributed by atoms with Crippen molar-refractivity contribution in [2.75, 3.05) is 0 Å². The molecule has 2 heterocycles. The standard InChI is InChI=1S/C19H22FN5O2/c1-10(2)17(13-5-7-14(20)8-6-13)22-16(26)9-15-11(3)21-19-24-23-12(4)25(19)18(15)27/h5-8,10,17H,9H2,1-4H3,(H,21,24)(H,22,26)/t17-/m0/s1. The van der Waals surface area contributed by atoms with Crippen molar-refractivity contribution in [2.45, 2.75) is 40.2 Å². The predicted octanol–water partition coefficient (Wildman–Crippen LogP) is 2.23. The van der Waals surface area contributed by atoms with E-state index in [1.54, 1.807) is 26.0 Å². The molecule has 0 unspecified atom stereocenters. The van der Waals surface area contributed by atoms with Gasteiger partial charge in [0.05, 0.1) is 18.2 Å². The molecule has 0 aliphatic heterocycles. The Balaban J connectivity index is 1.86. The number of carbonyl (C=O) groups excluding carboxylic acids is 1. The number of benzene rings is 1. The number of halogens is 1. The van der Waals surface area contributed by atoms with E-state index >= 15 is 0 Å². The topological polar surface area (TPSA) is 92.2 Å². The van der Waals surface area contributed by atoms with Crippen LogP contribution in [0.2, 0.25) is 0 Å². The van der Waals surface area contributed by atoms with Gasteiger partial charge < -0.3 is 5.32 Å². The molecule has 0 saturated heterocycles. The van der Waals surface area contributed by atoms with Crippen LogP contribution in [0.1, 0.15) is 42.5 Å². The zero-order valence-corrected chi connectivity index (χ0v) is 15.7. The van der Waals surface area contributed by atoms with Gasteiger partial charge in [0.15, 0.2) is 0 Å². The first kappa shape index (κ1) is 18.8. The lowest BCUT2D eigenvalue weighted by atomic mass is 9.95. The van der Waals surface area contributed by atoms with Gasteiger partial charge in [0, 0.05) is 5.56 Å². The zero-order valence-electron chi connectivity index (χ0n) is 15.7. The average molecular weight is 371 g/mol. The maximum Gasteiger partial charge on any atom is 0.264 e. The number of aromatic amines is 1. The predicted molar refractivity (Wildman–Crippen MR) is 98.9 cm³/mol. The number of hydrogen-bond donors (Lipinski definition) is 2. The lowest BCUT2D eigenvalue weighted by Crippen LogP contribution is -2.35. The Morgan fingerprint density at radius 1 is 1.26 bits per heavy atom. The summed E-state index contributed by atoms with van der Waals surface area (Å²) in [5, 5.41) is 9.63. The monoisotopic (exact) mass is 371 g/mol. The number of carbonyl (C=O) groups is 1. The number of fused-ring (bicyclic) bond motifs is 1. The van der Waals surface area contributed by atoms with Crippen molar-refractivity contribution >= 4 is 11.7 Å². The third kappa shape index (κ3) is 3.74. The second kappa shape index (κ2) is 7.30. The molecule has 7 nitrogen and oxygen atoms in total. The Morgan fingerprint density at radius 2 is 1.93 bits per heavy atom. The smallest absolute Gasteiger partial charge is 0.264 e. The molecule has 2 N–H and O–H groups in total. The maximum atomic E-state index is 13.2. The van der Waals surface area contributed by atoms with Crippen LogP contribution >= 0.6 is 0 Å². The molecule has 2 aromatic heterocycles. The molecule has 142 valence electrons. The average Bonchev–Trinajstić information content (AvgIpc) is 2.98. The fourth-order valence-corrected chi connectivity index (χ4v) is 3.11. The molecule has 0 aliphatic carbocycles. The molecule has 0 saturated carbocycles. The van der Waals surface area contributed by atoms with E-state index in [2.05, 4.69) is 20.5 Å². The minimum absolute atomic E-state index is 0.0877. The first-order valence-corrected chi connectivity index (χ1v) is 8.76. The fraction of sp³-hybridized carbons (Fsp3) is 0.368. The van der Waals surface area contributed by atoms with Gasteiger partial charge in [0.2, 0.25) is 11.7 Å². The number of aryl methyl sites for hydroxylation is 2. The third-order valence-electron chi connectivity index (χ3n) is 4.57. The highest BCUT2D eigenvalue weighted by Crippen LogP contribution is 2.22. The summed E-state index contributed by atoms with van der Waals surface area (Å²) in [6, 6.07) is 5.76. The van der Waals surface area contributed by atoms with Gasteiger partial charge in [-0.05, 0) is 37.5 Å². The van der Waals surface area contributed by atoms with Crippen LogP contribution in [0.5, 0.6) is 0 Å². The fourth-order valence-electron chi connectivity index (χ4n) is 3.11. The Hall–Kier alpha value is -3.03. The van der Waals surface area contributed by atoms with E-state index in [1.807, 2.05) is 13.8 Å². The minimum atomic E-state index is -0.328. The lowest BCUT2D eigenvalue weighted by Gasteiger charge is -2.23. The molecule has 0 aliphatic rings. The van der Waals surface area contributed by atoms with Crippen LogP contribution < -0.4 is 10.9 Å². The molecule has 3 aromatic rings. The van der Waals surface area contributed by atoms with Crippen molar-refractivity contribution in [3.63, 3.8) is 0 Å². The van der Waals surface area contributed by atoms with Crippen molar-refractivity contribution < 1.29 is 9.18 Å². The van der Waals surface area contributed by atoms with Crippen LogP contribution in [-0.4, -0.2) is 25.5 Å². The van der Waals surface area contributed by atoms with Gasteiger partial charge in [-0.3, -0.25) is 9.59 Å². The number of amides is 1. The number of H-pyrrole nitrogens is 1. The van der Waals surface area contributed by atoms with Gasteiger partial charge in [-0.15, -0.1) is 0 Å². The minimum Gasteiger partial charge on any atom is -0.349 e. The highest BCUT2D eigenvalue weighted by molar-refractivity contribution is 5.79. The Bertz CT molecular complexity index is 1040. The van der Waals surface area contributed by atoms with E-state index in [-0.39, 0.29) is 35.7 Å². The third-order valence-corrected chi connectivity index (χ3v) is 4.57. The number of nitrogens with one attached hydrogen (secondary N) is 2. The van der Waals surface area contributed by atoms with Crippen molar-refractivity contribution in [2.24, 2.45) is 5.92 Å². The molecule has 0 radical (unpaired) electrons. The zero-order chi connectivity index (χ0) is 19.7. The first-order chi connectivity index (χ1) is 12.8. The summed E-state index contributed by atoms with van der Waals surface area (Å²) in [5.74, 6) is 0.312. The van der Waals surface area contributed by atoms with Gasteiger partial charge in [0.1, 0.15) is 11.6 Å². The van der Waals surface area contributed by atoms with Crippen LogP contribution in [0.15, 0.2) is 29.1 Å². The Labute approximate surface area is 155 Å². The van der Waals surface area contributed by atoms with Gasteiger partial charge in [-0.2, -0.15) is 5.10 Å². The first-order valence-electron chi connectivity index (χ1n) is 8.76. The summed E-state index contributed by atoms with van der Waals surface area (Å²) in [6.45, 7) is 7.32. The van der Waals surface area contributed by atoms with E-state index in [1.165, 1.54) is 16.5 Å². The number of rotatable bonds is 5. The summed E-state index contributed by atoms with van der Waals surface area (Å²) in [5.41, 5.74) is 1.33. The van der Waals surface area contributed by atoms with E-state index in [0.29, 0.717) is 22.9 Å². The summed E-state index contributed by atoms with van der Waals surface area (Å²) < 4.78 is 14.5. The number of aromatic nitrogens is 4. The number of nitrogens with zero attached hydrogens (tertiary/aromatic N) is 3. The maximum absolute atomic E-state index is 13.2. The summed E-state index contributed by atoms with van der Waals surface area (Å²) >= 11 is 0. The van der Waals surface area contributed by atoms with Crippen LogP contribution in [0, 0.1) is 25.6 Å². The van der Waals surface area contributed by atoms with Gasteiger partial charge in [-0.1, -0.05) is 26.0 Å². The van der Waals surface area contributed by atoms with E-state index in [4.69, 9.17) is 0 Å². The molecule has 27 heavy (non-hydrogen) atoms. The molecule has 0 fully saturated rings. The Morgan fingerprint density at radius 3 is 2.56 bits per heavy atom. The van der Waals surface area contributed by atoms with E-state index < -0.39 is 0 Å². The molecule has 0 bridgehead atoms. The molecular weight excluding hydrogens is 349 g/mol. The SMILES string of the molecule is Cc1nc2[nH]nc(C)n2c(=O)c1CC(=O)N[C@H](c1ccc(F)cc1)C(C)C.